The molecule has 1 N–H and O–H groups in total. The Balaban J connectivity index is 2.19. The highest BCUT2D eigenvalue weighted by Gasteiger charge is 2.46. The molecular formula is C19H38N2. The third kappa shape index (κ3) is 3.82. The van der Waals surface area contributed by atoms with Crippen molar-refractivity contribution in [2.24, 2.45) is 17.8 Å². The molecule has 2 saturated carbocycles. The van der Waals surface area contributed by atoms with E-state index in [1.807, 2.05) is 0 Å². The van der Waals surface area contributed by atoms with E-state index in [-0.39, 0.29) is 0 Å². The van der Waals surface area contributed by atoms with Crippen molar-refractivity contribution in [1.29, 1.82) is 0 Å². The minimum atomic E-state index is 0.393. The summed E-state index contributed by atoms with van der Waals surface area (Å²) in [6.07, 6.45) is 11.3. The summed E-state index contributed by atoms with van der Waals surface area (Å²) < 4.78 is 0. The maximum Gasteiger partial charge on any atom is 0.0359 e. The molecule has 0 heterocycles. The fourth-order valence-electron chi connectivity index (χ4n) is 5.10. The summed E-state index contributed by atoms with van der Waals surface area (Å²) in [5.41, 5.74) is 0.393. The highest BCUT2D eigenvalue weighted by molar-refractivity contribution is 5.04. The van der Waals surface area contributed by atoms with Crippen molar-refractivity contribution in [3.8, 4) is 0 Å². The predicted molar refractivity (Wildman–Crippen MR) is 92.6 cm³/mol. The summed E-state index contributed by atoms with van der Waals surface area (Å²) in [6, 6.07) is 0.688. The van der Waals surface area contributed by atoms with Gasteiger partial charge in [-0.1, -0.05) is 33.6 Å². The van der Waals surface area contributed by atoms with E-state index in [0.29, 0.717) is 11.6 Å². The molecule has 0 aromatic rings. The summed E-state index contributed by atoms with van der Waals surface area (Å²) >= 11 is 0. The third-order valence-electron chi connectivity index (χ3n) is 6.48. The van der Waals surface area contributed by atoms with Crippen molar-refractivity contribution in [2.75, 3.05) is 20.6 Å². The molecule has 2 aliphatic carbocycles. The van der Waals surface area contributed by atoms with Gasteiger partial charge in [0.2, 0.25) is 0 Å². The molecule has 2 fully saturated rings. The quantitative estimate of drug-likeness (QED) is 0.813. The Morgan fingerprint density at radius 1 is 1.05 bits per heavy atom. The third-order valence-corrected chi connectivity index (χ3v) is 6.48. The second kappa shape index (κ2) is 7.46. The molecule has 3 unspecified atom stereocenters. The van der Waals surface area contributed by atoms with Crippen molar-refractivity contribution in [3.63, 3.8) is 0 Å². The average Bonchev–Trinajstić information content (AvgIpc) is 2.46. The number of hydrogen-bond acceptors (Lipinski definition) is 2. The molecule has 124 valence electrons. The zero-order chi connectivity index (χ0) is 15.5. The van der Waals surface area contributed by atoms with Gasteiger partial charge < -0.3 is 10.2 Å². The van der Waals surface area contributed by atoms with Crippen LogP contribution in [0.4, 0.5) is 0 Å². The number of nitrogens with zero attached hydrogens (tertiary/aromatic N) is 1. The van der Waals surface area contributed by atoms with Crippen LogP contribution in [-0.2, 0) is 0 Å². The van der Waals surface area contributed by atoms with E-state index in [4.69, 9.17) is 0 Å². The van der Waals surface area contributed by atoms with Crippen molar-refractivity contribution in [2.45, 2.75) is 83.7 Å². The lowest BCUT2D eigenvalue weighted by atomic mass is 9.65. The van der Waals surface area contributed by atoms with E-state index in [1.54, 1.807) is 0 Å². The van der Waals surface area contributed by atoms with Crippen LogP contribution in [0.1, 0.15) is 72.1 Å². The van der Waals surface area contributed by atoms with Crippen LogP contribution in [-0.4, -0.2) is 37.1 Å². The highest BCUT2D eigenvalue weighted by atomic mass is 15.2. The number of nitrogens with one attached hydrogen (secondary N) is 1. The van der Waals surface area contributed by atoms with Crippen LogP contribution < -0.4 is 5.32 Å². The fourth-order valence-corrected chi connectivity index (χ4v) is 5.10. The Labute approximate surface area is 133 Å². The van der Waals surface area contributed by atoms with Gasteiger partial charge in [0.15, 0.2) is 0 Å². The van der Waals surface area contributed by atoms with Crippen LogP contribution in [0.5, 0.6) is 0 Å². The van der Waals surface area contributed by atoms with Crippen LogP contribution in [0.2, 0.25) is 0 Å². The van der Waals surface area contributed by atoms with E-state index >= 15 is 0 Å². The number of hydrogen-bond donors (Lipinski definition) is 1. The Morgan fingerprint density at radius 3 is 2.24 bits per heavy atom. The lowest BCUT2D eigenvalue weighted by Gasteiger charge is -2.53. The van der Waals surface area contributed by atoms with E-state index in [0.717, 1.165) is 24.3 Å². The zero-order valence-corrected chi connectivity index (χ0v) is 15.1. The number of likely N-dealkylation sites (N-methyl/N-ethyl adjacent to an activating group) is 2. The Bertz CT molecular complexity index is 305. The summed E-state index contributed by atoms with van der Waals surface area (Å²) in [7, 11) is 4.65. The molecular weight excluding hydrogens is 256 g/mol. The molecule has 0 aromatic carbocycles. The Morgan fingerprint density at radius 2 is 1.71 bits per heavy atom. The SMILES string of the molecule is CCNC(C1CCCC(C)C1)C1(N(C)C)CCC(C)CC1. The number of rotatable bonds is 5. The molecule has 0 bridgehead atoms. The van der Waals surface area contributed by atoms with E-state index in [9.17, 15) is 0 Å². The molecule has 2 heteroatoms. The van der Waals surface area contributed by atoms with Gasteiger partial charge >= 0.3 is 0 Å². The first-order valence-corrected chi connectivity index (χ1v) is 9.40. The van der Waals surface area contributed by atoms with Gasteiger partial charge in [0, 0.05) is 11.6 Å². The molecule has 2 rings (SSSR count). The van der Waals surface area contributed by atoms with Crippen LogP contribution in [0.15, 0.2) is 0 Å². The predicted octanol–water partition coefficient (Wildman–Crippen LogP) is 4.30. The molecule has 0 saturated heterocycles. The van der Waals surface area contributed by atoms with Gasteiger partial charge in [-0.25, -0.2) is 0 Å². The van der Waals surface area contributed by atoms with Crippen molar-refractivity contribution < 1.29 is 0 Å². The average molecular weight is 295 g/mol. The lowest BCUT2D eigenvalue weighted by molar-refractivity contribution is 0.00984. The van der Waals surface area contributed by atoms with Gasteiger partial charge in [-0.15, -0.1) is 0 Å². The van der Waals surface area contributed by atoms with E-state index in [1.165, 1.54) is 51.4 Å². The molecule has 0 aromatic heterocycles. The molecule has 3 atom stereocenters. The van der Waals surface area contributed by atoms with Gasteiger partial charge in [0.05, 0.1) is 0 Å². The lowest BCUT2D eigenvalue weighted by Crippen LogP contribution is -2.63. The molecule has 0 amide bonds. The standard InChI is InChI=1S/C19H38N2/c1-6-20-18(17-9-7-8-16(3)14-17)19(21(4)5)12-10-15(2)11-13-19/h15-18,20H,6-14H2,1-5H3. The molecule has 2 nitrogen and oxygen atoms in total. The summed E-state index contributed by atoms with van der Waals surface area (Å²) in [6.45, 7) is 8.29. The highest BCUT2D eigenvalue weighted by Crippen LogP contribution is 2.43. The van der Waals surface area contributed by atoms with Crippen molar-refractivity contribution in [3.05, 3.63) is 0 Å². The zero-order valence-electron chi connectivity index (χ0n) is 15.1. The first-order valence-electron chi connectivity index (χ1n) is 9.40. The van der Waals surface area contributed by atoms with Crippen LogP contribution >= 0.6 is 0 Å². The molecule has 0 aliphatic heterocycles. The summed E-state index contributed by atoms with van der Waals surface area (Å²) in [5, 5.41) is 3.94. The maximum atomic E-state index is 3.94. The van der Waals surface area contributed by atoms with Gasteiger partial charge in [0.25, 0.3) is 0 Å². The van der Waals surface area contributed by atoms with Gasteiger partial charge in [-0.05, 0) is 76.9 Å². The maximum absolute atomic E-state index is 3.94. The van der Waals surface area contributed by atoms with Crippen LogP contribution in [0.3, 0.4) is 0 Å². The second-order valence-corrected chi connectivity index (χ2v) is 8.25. The van der Waals surface area contributed by atoms with Crippen molar-refractivity contribution in [1.82, 2.24) is 10.2 Å². The fraction of sp³-hybridized carbons (Fsp3) is 1.00. The topological polar surface area (TPSA) is 15.3 Å². The summed E-state index contributed by atoms with van der Waals surface area (Å²) in [5.74, 6) is 2.72. The molecule has 2 aliphatic rings. The van der Waals surface area contributed by atoms with E-state index < -0.39 is 0 Å². The molecule has 21 heavy (non-hydrogen) atoms. The first kappa shape index (κ1) is 17.3. The minimum Gasteiger partial charge on any atom is -0.312 e. The molecule has 0 radical (unpaired) electrons. The van der Waals surface area contributed by atoms with Gasteiger partial charge in [-0.3, -0.25) is 0 Å². The smallest absolute Gasteiger partial charge is 0.0359 e. The van der Waals surface area contributed by atoms with Crippen molar-refractivity contribution >= 4 is 0 Å². The van der Waals surface area contributed by atoms with Gasteiger partial charge in [0.1, 0.15) is 0 Å². The Kier molecular flexibility index (Phi) is 6.14. The summed E-state index contributed by atoms with van der Waals surface area (Å²) in [4.78, 5) is 2.57. The second-order valence-electron chi connectivity index (χ2n) is 8.25. The normalized spacial score (nSPS) is 39.4. The van der Waals surface area contributed by atoms with Crippen LogP contribution in [0.25, 0.3) is 0 Å². The minimum absolute atomic E-state index is 0.393. The molecule has 0 spiro atoms. The Hall–Kier alpha value is -0.0800. The van der Waals surface area contributed by atoms with Gasteiger partial charge in [-0.2, -0.15) is 0 Å². The largest absolute Gasteiger partial charge is 0.312 e. The first-order chi connectivity index (χ1) is 9.99. The van der Waals surface area contributed by atoms with Crippen LogP contribution in [0, 0.1) is 17.8 Å². The van der Waals surface area contributed by atoms with E-state index in [2.05, 4.69) is 45.1 Å². The monoisotopic (exact) mass is 294 g/mol.